The third-order valence-electron chi connectivity index (χ3n) is 2.93. The molecule has 0 saturated carbocycles. The van der Waals surface area contributed by atoms with Gasteiger partial charge in [-0.05, 0) is 19.1 Å². The summed E-state index contributed by atoms with van der Waals surface area (Å²) in [6, 6.07) is 12.9. The highest BCUT2D eigenvalue weighted by atomic mass is 35.5. The highest BCUT2D eigenvalue weighted by molar-refractivity contribution is 6.43. The predicted octanol–water partition coefficient (Wildman–Crippen LogP) is 2.29. The van der Waals surface area contributed by atoms with E-state index in [1.165, 1.54) is 6.07 Å². The number of nitrogens with one attached hydrogen (secondary N) is 2. The first kappa shape index (κ1) is 15.7. The Kier molecular flexibility index (Phi) is 4.91. The molecule has 5 nitrogen and oxygen atoms in total. The summed E-state index contributed by atoms with van der Waals surface area (Å²) in [5, 5.41) is 0.249. The van der Waals surface area contributed by atoms with E-state index in [4.69, 9.17) is 11.6 Å². The van der Waals surface area contributed by atoms with Crippen molar-refractivity contribution in [3.8, 4) is 0 Å². The predicted molar refractivity (Wildman–Crippen MR) is 82.6 cm³/mol. The highest BCUT2D eigenvalue weighted by Crippen LogP contribution is 2.14. The molecule has 0 atom stereocenters. The molecule has 112 valence electrons. The van der Waals surface area contributed by atoms with Crippen molar-refractivity contribution in [1.29, 1.82) is 0 Å². The van der Waals surface area contributed by atoms with Crippen LogP contribution in [0.25, 0.3) is 0 Å². The number of halogens is 1. The van der Waals surface area contributed by atoms with E-state index in [9.17, 15) is 14.4 Å². The van der Waals surface area contributed by atoms with Gasteiger partial charge in [0.1, 0.15) is 0 Å². The van der Waals surface area contributed by atoms with Crippen LogP contribution in [0.1, 0.15) is 26.3 Å². The highest BCUT2D eigenvalue weighted by Gasteiger charge is 2.17. The molecule has 0 radical (unpaired) electrons. The number of rotatable bonds is 3. The Morgan fingerprint density at radius 3 is 2.18 bits per heavy atom. The minimum Gasteiger partial charge on any atom is -0.283 e. The molecule has 0 aromatic heterocycles. The summed E-state index contributed by atoms with van der Waals surface area (Å²) in [7, 11) is 0. The van der Waals surface area contributed by atoms with Crippen LogP contribution in [-0.4, -0.2) is 17.6 Å². The summed E-state index contributed by atoms with van der Waals surface area (Å²) in [6.07, 6.45) is 0. The molecular weight excluding hydrogens is 304 g/mol. The first-order chi connectivity index (χ1) is 10.5. The van der Waals surface area contributed by atoms with E-state index in [2.05, 4.69) is 10.9 Å². The van der Waals surface area contributed by atoms with Crippen molar-refractivity contribution in [3.63, 3.8) is 0 Å². The summed E-state index contributed by atoms with van der Waals surface area (Å²) >= 11 is 5.87. The normalized spacial score (nSPS) is 9.91. The van der Waals surface area contributed by atoms with Crippen LogP contribution < -0.4 is 10.9 Å². The molecule has 0 spiro atoms. The molecule has 0 aliphatic rings. The van der Waals surface area contributed by atoms with Crippen molar-refractivity contribution in [1.82, 2.24) is 10.9 Å². The van der Waals surface area contributed by atoms with Crippen LogP contribution in [0.3, 0.4) is 0 Å². The van der Waals surface area contributed by atoms with Crippen molar-refractivity contribution in [2.75, 3.05) is 0 Å². The molecule has 2 amide bonds. The van der Waals surface area contributed by atoms with Gasteiger partial charge in [-0.25, -0.2) is 0 Å². The Balaban J connectivity index is 1.98. The maximum absolute atomic E-state index is 11.9. The Morgan fingerprint density at radius 2 is 1.55 bits per heavy atom. The van der Waals surface area contributed by atoms with Gasteiger partial charge < -0.3 is 0 Å². The summed E-state index contributed by atoms with van der Waals surface area (Å²) in [5.41, 5.74) is 5.65. The van der Waals surface area contributed by atoms with Gasteiger partial charge >= 0.3 is 5.91 Å². The maximum Gasteiger partial charge on any atom is 0.310 e. The molecule has 0 saturated heterocycles. The van der Waals surface area contributed by atoms with E-state index in [0.29, 0.717) is 0 Å². The fourth-order valence-corrected chi connectivity index (χ4v) is 1.94. The summed E-state index contributed by atoms with van der Waals surface area (Å²) in [6.45, 7) is 1.87. The Labute approximate surface area is 132 Å². The summed E-state index contributed by atoms with van der Waals surface area (Å²) in [4.78, 5) is 35.5. The molecule has 6 heteroatoms. The van der Waals surface area contributed by atoms with Gasteiger partial charge in [-0.1, -0.05) is 53.6 Å². The Bertz CT molecular complexity index is 726. The number of hydrazine groups is 1. The first-order valence-corrected chi connectivity index (χ1v) is 6.83. The fraction of sp³-hybridized carbons (Fsp3) is 0.0625. The smallest absolute Gasteiger partial charge is 0.283 e. The SMILES string of the molecule is Cc1ccc(C(=O)C(=O)NNC(=O)c2ccccc2Cl)cc1. The number of Topliss-reactive ketones (excluding diaryl/α,β-unsaturated/α-hetero) is 1. The molecule has 0 unspecified atom stereocenters. The molecule has 2 rings (SSSR count). The number of carbonyl (C=O) groups is 3. The molecular formula is C16H13ClN2O3. The molecule has 0 fully saturated rings. The van der Waals surface area contributed by atoms with E-state index in [0.717, 1.165) is 5.56 Å². The van der Waals surface area contributed by atoms with Crippen molar-refractivity contribution < 1.29 is 14.4 Å². The van der Waals surface area contributed by atoms with E-state index < -0.39 is 17.6 Å². The molecule has 2 N–H and O–H groups in total. The standard InChI is InChI=1S/C16H13ClN2O3/c1-10-6-8-11(9-7-10)14(20)16(22)19-18-15(21)12-4-2-3-5-13(12)17/h2-9H,1H3,(H,18,21)(H,19,22). The molecule has 2 aromatic rings. The second-order valence-corrected chi connectivity index (χ2v) is 4.99. The van der Waals surface area contributed by atoms with Crippen LogP contribution in [0, 0.1) is 6.92 Å². The van der Waals surface area contributed by atoms with Gasteiger partial charge in [0.15, 0.2) is 0 Å². The van der Waals surface area contributed by atoms with E-state index >= 15 is 0 Å². The Hall–Kier alpha value is -2.66. The fourth-order valence-electron chi connectivity index (χ4n) is 1.72. The number of hydrogen-bond acceptors (Lipinski definition) is 3. The van der Waals surface area contributed by atoms with Gasteiger partial charge in [-0.15, -0.1) is 0 Å². The zero-order valence-corrected chi connectivity index (χ0v) is 12.5. The minimum absolute atomic E-state index is 0.201. The summed E-state index contributed by atoms with van der Waals surface area (Å²) in [5.74, 6) is -2.26. The average Bonchev–Trinajstić information content (AvgIpc) is 2.52. The van der Waals surface area contributed by atoms with Crippen molar-refractivity contribution in [2.45, 2.75) is 6.92 Å². The topological polar surface area (TPSA) is 75.3 Å². The van der Waals surface area contributed by atoms with Crippen LogP contribution in [-0.2, 0) is 4.79 Å². The third-order valence-corrected chi connectivity index (χ3v) is 3.26. The molecule has 0 aliphatic heterocycles. The van der Waals surface area contributed by atoms with Crippen LogP contribution in [0.5, 0.6) is 0 Å². The number of hydrogen-bond donors (Lipinski definition) is 2. The van der Waals surface area contributed by atoms with Crippen LogP contribution in [0.4, 0.5) is 0 Å². The van der Waals surface area contributed by atoms with E-state index in [1.807, 2.05) is 6.92 Å². The zero-order valence-electron chi connectivity index (χ0n) is 11.7. The lowest BCUT2D eigenvalue weighted by Gasteiger charge is -2.08. The van der Waals surface area contributed by atoms with Crippen LogP contribution in [0.15, 0.2) is 48.5 Å². The lowest BCUT2D eigenvalue weighted by atomic mass is 10.1. The van der Waals surface area contributed by atoms with Gasteiger partial charge in [0.2, 0.25) is 0 Å². The Morgan fingerprint density at radius 1 is 0.909 bits per heavy atom. The summed E-state index contributed by atoms with van der Waals surface area (Å²) < 4.78 is 0. The third kappa shape index (κ3) is 3.71. The molecule has 0 aliphatic carbocycles. The van der Waals surface area contributed by atoms with Crippen molar-refractivity contribution in [2.24, 2.45) is 0 Å². The second-order valence-electron chi connectivity index (χ2n) is 4.58. The molecule has 2 aromatic carbocycles. The van der Waals surface area contributed by atoms with Crippen LogP contribution in [0.2, 0.25) is 5.02 Å². The number of aryl methyl sites for hydroxylation is 1. The van der Waals surface area contributed by atoms with Gasteiger partial charge in [-0.2, -0.15) is 0 Å². The largest absolute Gasteiger partial charge is 0.310 e. The number of carbonyl (C=O) groups excluding carboxylic acids is 3. The minimum atomic E-state index is -0.927. The number of benzene rings is 2. The maximum atomic E-state index is 11.9. The molecule has 22 heavy (non-hydrogen) atoms. The van der Waals surface area contributed by atoms with Gasteiger partial charge in [0.05, 0.1) is 10.6 Å². The van der Waals surface area contributed by atoms with Crippen molar-refractivity contribution >= 4 is 29.2 Å². The van der Waals surface area contributed by atoms with Gasteiger partial charge in [-0.3, -0.25) is 25.2 Å². The molecule has 0 bridgehead atoms. The van der Waals surface area contributed by atoms with Gasteiger partial charge in [0.25, 0.3) is 11.7 Å². The number of ketones is 1. The quantitative estimate of drug-likeness (QED) is 0.518. The van der Waals surface area contributed by atoms with Crippen molar-refractivity contribution in [3.05, 3.63) is 70.2 Å². The van der Waals surface area contributed by atoms with Crippen LogP contribution >= 0.6 is 11.6 Å². The lowest BCUT2D eigenvalue weighted by molar-refractivity contribution is -0.117. The second kappa shape index (κ2) is 6.87. The average molecular weight is 317 g/mol. The molecule has 0 heterocycles. The first-order valence-electron chi connectivity index (χ1n) is 6.45. The monoisotopic (exact) mass is 316 g/mol. The van der Waals surface area contributed by atoms with E-state index in [-0.39, 0.29) is 16.1 Å². The lowest BCUT2D eigenvalue weighted by Crippen LogP contribution is -2.45. The van der Waals surface area contributed by atoms with E-state index in [1.54, 1.807) is 42.5 Å². The number of amides is 2. The zero-order chi connectivity index (χ0) is 16.1. The van der Waals surface area contributed by atoms with Gasteiger partial charge in [0, 0.05) is 5.56 Å².